The van der Waals surface area contributed by atoms with Gasteiger partial charge in [-0.1, -0.05) is 52.0 Å². The van der Waals surface area contributed by atoms with E-state index in [-0.39, 0.29) is 16.7 Å². The lowest BCUT2D eigenvalue weighted by atomic mass is 9.98. The molecule has 2 rings (SSSR count). The largest absolute Gasteiger partial charge is 0.294 e. The van der Waals surface area contributed by atoms with Gasteiger partial charge in [0.05, 0.1) is 0 Å². The number of hydrogen-bond acceptors (Lipinski definition) is 1. The van der Waals surface area contributed by atoms with Crippen molar-refractivity contribution in [2.24, 2.45) is 16.7 Å². The molecule has 1 nitrogen and oxygen atoms in total. The van der Waals surface area contributed by atoms with Crippen LogP contribution in [0.25, 0.3) is 0 Å². The third-order valence-corrected chi connectivity index (χ3v) is 4.69. The first kappa shape index (κ1) is 11.4. The molecule has 1 heteroatoms. The van der Waals surface area contributed by atoms with Gasteiger partial charge < -0.3 is 0 Å². The predicted octanol–water partition coefficient (Wildman–Crippen LogP) is 3.86. The molecule has 0 bridgehead atoms. The molecule has 86 valence electrons. The molecule has 16 heavy (non-hydrogen) atoms. The Morgan fingerprint density at radius 1 is 1.06 bits per heavy atom. The summed E-state index contributed by atoms with van der Waals surface area (Å²) in [6, 6.07) is 7.88. The molecule has 0 unspecified atom stereocenters. The molecule has 0 amide bonds. The van der Waals surface area contributed by atoms with Gasteiger partial charge in [-0.2, -0.15) is 0 Å². The van der Waals surface area contributed by atoms with Gasteiger partial charge in [-0.25, -0.2) is 0 Å². The van der Waals surface area contributed by atoms with Crippen LogP contribution in [0, 0.1) is 23.7 Å². The summed E-state index contributed by atoms with van der Waals surface area (Å²) in [5.41, 5.74) is 2.25. The summed E-state index contributed by atoms with van der Waals surface area (Å²) < 4.78 is 0. The monoisotopic (exact) mass is 216 g/mol. The van der Waals surface area contributed by atoms with Crippen LogP contribution in [0.15, 0.2) is 24.3 Å². The molecular formula is C15H20O. The molecule has 0 spiro atoms. The van der Waals surface area contributed by atoms with Crippen molar-refractivity contribution in [2.75, 3.05) is 0 Å². The molecule has 1 aromatic rings. The fourth-order valence-electron chi connectivity index (χ4n) is 2.86. The van der Waals surface area contributed by atoms with E-state index in [4.69, 9.17) is 0 Å². The van der Waals surface area contributed by atoms with Crippen molar-refractivity contribution >= 4 is 5.78 Å². The average Bonchev–Trinajstić information content (AvgIpc) is 2.57. The number of rotatable bonds is 2. The SMILES string of the molecule is Cc1ccccc1C(=O)C1C(C)(C)C1(C)C. The second-order valence-corrected chi connectivity index (χ2v) is 6.06. The smallest absolute Gasteiger partial charge is 0.167 e. The third kappa shape index (κ3) is 1.34. The van der Waals surface area contributed by atoms with Crippen LogP contribution in [0.4, 0.5) is 0 Å². The van der Waals surface area contributed by atoms with E-state index in [0.717, 1.165) is 11.1 Å². The molecule has 0 aromatic heterocycles. The Morgan fingerprint density at radius 3 is 2.00 bits per heavy atom. The minimum atomic E-state index is 0.131. The summed E-state index contributed by atoms with van der Waals surface area (Å²) in [6.45, 7) is 10.8. The Kier molecular flexibility index (Phi) is 2.27. The Bertz CT molecular complexity index is 427. The van der Waals surface area contributed by atoms with Crippen LogP contribution in [0.1, 0.15) is 43.6 Å². The van der Waals surface area contributed by atoms with Gasteiger partial charge in [0, 0.05) is 11.5 Å². The van der Waals surface area contributed by atoms with Crippen LogP contribution >= 0.6 is 0 Å². The second-order valence-electron chi connectivity index (χ2n) is 6.06. The van der Waals surface area contributed by atoms with Gasteiger partial charge in [0.1, 0.15) is 0 Å². The molecule has 1 saturated carbocycles. The molecule has 0 aliphatic heterocycles. The van der Waals surface area contributed by atoms with Crippen molar-refractivity contribution in [1.29, 1.82) is 0 Å². The first-order valence-electron chi connectivity index (χ1n) is 5.90. The summed E-state index contributed by atoms with van der Waals surface area (Å²) in [4.78, 5) is 12.5. The zero-order chi connectivity index (χ0) is 12.1. The minimum absolute atomic E-state index is 0.131. The van der Waals surface area contributed by atoms with Crippen molar-refractivity contribution in [3.8, 4) is 0 Å². The van der Waals surface area contributed by atoms with E-state index in [1.807, 2.05) is 31.2 Å². The first-order valence-corrected chi connectivity index (χ1v) is 5.90. The highest BCUT2D eigenvalue weighted by Crippen LogP contribution is 2.69. The lowest BCUT2D eigenvalue weighted by Gasteiger charge is -2.05. The van der Waals surface area contributed by atoms with E-state index in [9.17, 15) is 4.79 Å². The minimum Gasteiger partial charge on any atom is -0.294 e. The lowest BCUT2D eigenvalue weighted by molar-refractivity contribution is 0.0944. The zero-order valence-corrected chi connectivity index (χ0v) is 10.8. The highest BCUT2D eigenvalue weighted by Gasteiger charge is 2.67. The molecule has 1 aliphatic carbocycles. The number of aryl methyl sites for hydroxylation is 1. The molecule has 0 atom stereocenters. The quantitative estimate of drug-likeness (QED) is 0.686. The van der Waals surface area contributed by atoms with Crippen molar-refractivity contribution in [2.45, 2.75) is 34.6 Å². The van der Waals surface area contributed by atoms with E-state index in [1.54, 1.807) is 0 Å². The second kappa shape index (κ2) is 3.19. The van der Waals surface area contributed by atoms with E-state index in [0.29, 0.717) is 5.78 Å². The fourth-order valence-corrected chi connectivity index (χ4v) is 2.86. The van der Waals surface area contributed by atoms with Gasteiger partial charge in [0.2, 0.25) is 0 Å². The molecule has 0 radical (unpaired) electrons. The van der Waals surface area contributed by atoms with Crippen LogP contribution in [0.2, 0.25) is 0 Å². The summed E-state index contributed by atoms with van der Waals surface area (Å²) in [5, 5.41) is 0. The van der Waals surface area contributed by atoms with Crippen LogP contribution in [-0.4, -0.2) is 5.78 Å². The van der Waals surface area contributed by atoms with Gasteiger partial charge >= 0.3 is 0 Å². The number of carbonyl (C=O) groups excluding carboxylic acids is 1. The third-order valence-electron chi connectivity index (χ3n) is 4.69. The van der Waals surface area contributed by atoms with E-state index in [1.165, 1.54) is 0 Å². The standard InChI is InChI=1S/C15H20O/c1-10-8-6-7-9-11(10)12(16)13-14(2,3)15(13,4)5/h6-9,13H,1-5H3. The van der Waals surface area contributed by atoms with Gasteiger partial charge in [0.15, 0.2) is 5.78 Å². The number of carbonyl (C=O) groups is 1. The molecule has 1 fully saturated rings. The fraction of sp³-hybridized carbons (Fsp3) is 0.533. The van der Waals surface area contributed by atoms with Crippen molar-refractivity contribution in [3.63, 3.8) is 0 Å². The van der Waals surface area contributed by atoms with E-state index in [2.05, 4.69) is 27.7 Å². The van der Waals surface area contributed by atoms with Gasteiger partial charge in [-0.15, -0.1) is 0 Å². The van der Waals surface area contributed by atoms with Crippen molar-refractivity contribution in [3.05, 3.63) is 35.4 Å². The number of ketones is 1. The summed E-state index contributed by atoms with van der Waals surface area (Å²) in [6.07, 6.45) is 0. The zero-order valence-electron chi connectivity index (χ0n) is 10.8. The van der Waals surface area contributed by atoms with Crippen LogP contribution in [0.5, 0.6) is 0 Å². The maximum Gasteiger partial charge on any atom is 0.167 e. The molecular weight excluding hydrogens is 196 g/mol. The lowest BCUT2D eigenvalue weighted by Crippen LogP contribution is -2.09. The van der Waals surface area contributed by atoms with Gasteiger partial charge in [-0.3, -0.25) is 4.79 Å². The number of hydrogen-bond donors (Lipinski definition) is 0. The Labute approximate surface area is 97.9 Å². The van der Waals surface area contributed by atoms with E-state index < -0.39 is 0 Å². The maximum atomic E-state index is 12.5. The van der Waals surface area contributed by atoms with Crippen molar-refractivity contribution in [1.82, 2.24) is 0 Å². The molecule has 0 heterocycles. The van der Waals surface area contributed by atoms with Crippen LogP contribution < -0.4 is 0 Å². The Morgan fingerprint density at radius 2 is 1.56 bits per heavy atom. The molecule has 0 saturated heterocycles. The number of Topliss-reactive ketones (excluding diaryl/α,β-unsaturated/α-hetero) is 1. The predicted molar refractivity (Wildman–Crippen MR) is 66.6 cm³/mol. The highest BCUT2D eigenvalue weighted by atomic mass is 16.1. The Hall–Kier alpha value is -1.11. The number of benzene rings is 1. The Balaban J connectivity index is 2.34. The highest BCUT2D eigenvalue weighted by molar-refractivity contribution is 6.02. The molecule has 1 aromatic carbocycles. The van der Waals surface area contributed by atoms with Crippen molar-refractivity contribution < 1.29 is 4.79 Å². The molecule has 0 N–H and O–H groups in total. The summed E-state index contributed by atoms with van der Waals surface area (Å²) >= 11 is 0. The summed E-state index contributed by atoms with van der Waals surface area (Å²) in [7, 11) is 0. The summed E-state index contributed by atoms with van der Waals surface area (Å²) in [5.74, 6) is 0.481. The first-order chi connectivity index (χ1) is 7.30. The topological polar surface area (TPSA) is 17.1 Å². The van der Waals surface area contributed by atoms with Gasteiger partial charge in [0.25, 0.3) is 0 Å². The van der Waals surface area contributed by atoms with Crippen LogP contribution in [0.3, 0.4) is 0 Å². The molecule has 1 aliphatic rings. The maximum absolute atomic E-state index is 12.5. The van der Waals surface area contributed by atoms with E-state index >= 15 is 0 Å². The van der Waals surface area contributed by atoms with Crippen LogP contribution in [-0.2, 0) is 0 Å². The van der Waals surface area contributed by atoms with Gasteiger partial charge in [-0.05, 0) is 23.3 Å². The average molecular weight is 216 g/mol. The normalized spacial score (nSPS) is 21.8.